The predicted octanol–water partition coefficient (Wildman–Crippen LogP) is 10.1. The first kappa shape index (κ1) is 42.1. The first-order chi connectivity index (χ1) is 21.2. The van der Waals surface area contributed by atoms with E-state index >= 15 is 0 Å². The average Bonchev–Trinajstić information content (AvgIpc) is 3.01. The van der Waals surface area contributed by atoms with Gasteiger partial charge in [-0.1, -0.05) is 155 Å². The maximum absolute atomic E-state index is 12.0. The van der Waals surface area contributed by atoms with Crippen LogP contribution in [0.25, 0.3) is 0 Å². The van der Waals surface area contributed by atoms with Crippen molar-refractivity contribution in [3.8, 4) is 0 Å². The van der Waals surface area contributed by atoms with Gasteiger partial charge in [-0.25, -0.2) is 4.79 Å². The van der Waals surface area contributed by atoms with Gasteiger partial charge < -0.3 is 29.0 Å². The molecule has 43 heavy (non-hydrogen) atoms. The van der Waals surface area contributed by atoms with E-state index < -0.39 is 6.09 Å². The summed E-state index contributed by atoms with van der Waals surface area (Å²) in [6, 6.07) is 0. The van der Waals surface area contributed by atoms with E-state index in [1.54, 1.807) is 7.11 Å². The third kappa shape index (κ3) is 35.5. The second kappa shape index (κ2) is 37.3. The molecule has 0 saturated heterocycles. The van der Waals surface area contributed by atoms with Gasteiger partial charge in [0, 0.05) is 26.9 Å². The van der Waals surface area contributed by atoms with Crippen LogP contribution in [0.15, 0.2) is 0 Å². The van der Waals surface area contributed by atoms with Gasteiger partial charge in [-0.15, -0.1) is 0 Å². The van der Waals surface area contributed by atoms with Gasteiger partial charge in [0.2, 0.25) is 0 Å². The van der Waals surface area contributed by atoms with Gasteiger partial charge in [0.15, 0.2) is 6.79 Å². The molecule has 0 saturated carbocycles. The molecule has 0 heterocycles. The largest absolute Gasteiger partial charge is 0.422 e. The van der Waals surface area contributed by atoms with Crippen LogP contribution < -0.4 is 5.32 Å². The van der Waals surface area contributed by atoms with Crippen molar-refractivity contribution in [3.63, 3.8) is 0 Å². The number of hydrogen-bond acceptors (Lipinski definition) is 6. The van der Waals surface area contributed by atoms with Crippen LogP contribution in [0, 0.1) is 0 Å². The highest BCUT2D eigenvalue weighted by Gasteiger charge is 2.12. The number of amides is 1. The van der Waals surface area contributed by atoms with Gasteiger partial charge in [-0.3, -0.25) is 0 Å². The summed E-state index contributed by atoms with van der Waals surface area (Å²) >= 11 is 0. The second-order valence-electron chi connectivity index (χ2n) is 12.2. The molecule has 1 atom stereocenters. The lowest BCUT2D eigenvalue weighted by Gasteiger charge is -2.19. The number of nitrogens with one attached hydrogen (secondary N) is 1. The van der Waals surface area contributed by atoms with Gasteiger partial charge >= 0.3 is 6.09 Å². The lowest BCUT2D eigenvalue weighted by Crippen LogP contribution is -2.37. The van der Waals surface area contributed by atoms with Crippen LogP contribution in [0.1, 0.15) is 168 Å². The summed E-state index contributed by atoms with van der Waals surface area (Å²) in [6.45, 7) is 7.62. The van der Waals surface area contributed by atoms with Crippen LogP contribution in [-0.4, -0.2) is 65.7 Å². The molecule has 0 aliphatic heterocycles. The minimum absolute atomic E-state index is 0.0883. The first-order valence-corrected chi connectivity index (χ1v) is 18.4. The topological polar surface area (TPSA) is 75.3 Å². The average molecular weight is 616 g/mol. The molecule has 1 unspecified atom stereocenters. The number of unbranched alkanes of at least 4 members (excludes halogenated alkanes) is 22. The lowest BCUT2D eigenvalue weighted by molar-refractivity contribution is -0.0370. The quantitative estimate of drug-likeness (QED) is 0.0558. The van der Waals surface area contributed by atoms with Gasteiger partial charge in [0.25, 0.3) is 0 Å². The number of hydrogen-bond donors (Lipinski definition) is 1. The number of alkyl carbamates (subject to hydrolysis) is 1. The minimum atomic E-state index is -0.502. The molecule has 7 nitrogen and oxygen atoms in total. The Balaban J connectivity index is 3.96. The summed E-state index contributed by atoms with van der Waals surface area (Å²) in [6.07, 6.45) is 31.2. The normalized spacial score (nSPS) is 12.1. The molecule has 0 aromatic rings. The predicted molar refractivity (Wildman–Crippen MR) is 180 cm³/mol. The van der Waals surface area contributed by atoms with Crippen molar-refractivity contribution in [2.45, 2.75) is 174 Å². The molecule has 0 radical (unpaired) electrons. The smallest absolute Gasteiger partial charge is 0.409 e. The summed E-state index contributed by atoms with van der Waals surface area (Å²) in [5.41, 5.74) is 0. The highest BCUT2D eigenvalue weighted by atomic mass is 16.7. The van der Waals surface area contributed by atoms with E-state index in [1.807, 2.05) is 0 Å². The van der Waals surface area contributed by atoms with Crippen molar-refractivity contribution < 1.29 is 28.5 Å². The van der Waals surface area contributed by atoms with Crippen molar-refractivity contribution in [1.82, 2.24) is 5.32 Å². The van der Waals surface area contributed by atoms with E-state index in [-0.39, 0.29) is 12.9 Å². The van der Waals surface area contributed by atoms with E-state index in [0.717, 1.165) is 19.4 Å². The van der Waals surface area contributed by atoms with E-state index in [2.05, 4.69) is 19.2 Å². The van der Waals surface area contributed by atoms with Crippen molar-refractivity contribution in [2.24, 2.45) is 0 Å². The Labute approximate surface area is 267 Å². The van der Waals surface area contributed by atoms with Crippen molar-refractivity contribution in [2.75, 3.05) is 53.5 Å². The fourth-order valence-corrected chi connectivity index (χ4v) is 5.16. The summed E-state index contributed by atoms with van der Waals surface area (Å²) in [5, 5.41) is 2.79. The molecule has 0 fully saturated rings. The van der Waals surface area contributed by atoms with Crippen LogP contribution >= 0.6 is 0 Å². The molecule has 0 rings (SSSR count). The van der Waals surface area contributed by atoms with Crippen molar-refractivity contribution in [3.05, 3.63) is 0 Å². The van der Waals surface area contributed by atoms with E-state index in [9.17, 15) is 4.79 Å². The number of carbonyl (C=O) groups is 1. The third-order valence-electron chi connectivity index (χ3n) is 7.98. The number of methoxy groups -OCH3 is 1. The molecule has 1 N–H and O–H groups in total. The first-order valence-electron chi connectivity index (χ1n) is 18.4. The Hall–Kier alpha value is -0.890. The van der Waals surface area contributed by atoms with E-state index in [0.29, 0.717) is 33.0 Å². The van der Waals surface area contributed by atoms with Crippen LogP contribution in [-0.2, 0) is 23.7 Å². The van der Waals surface area contributed by atoms with Gasteiger partial charge in [-0.05, 0) is 12.8 Å². The van der Waals surface area contributed by atoms with Crippen molar-refractivity contribution >= 4 is 6.09 Å². The van der Waals surface area contributed by atoms with Crippen LogP contribution in [0.5, 0.6) is 0 Å². The minimum Gasteiger partial charge on any atom is -0.422 e. The Morgan fingerprint density at radius 1 is 0.535 bits per heavy atom. The number of carbonyl (C=O) groups excluding carboxylic acids is 1. The van der Waals surface area contributed by atoms with Crippen LogP contribution in [0.3, 0.4) is 0 Å². The van der Waals surface area contributed by atoms with Gasteiger partial charge in [-0.2, -0.15) is 0 Å². The Morgan fingerprint density at radius 2 is 0.977 bits per heavy atom. The zero-order valence-corrected chi connectivity index (χ0v) is 28.9. The number of rotatable bonds is 36. The maximum Gasteiger partial charge on any atom is 0.409 e. The van der Waals surface area contributed by atoms with Crippen LogP contribution in [0.4, 0.5) is 4.79 Å². The summed E-state index contributed by atoms with van der Waals surface area (Å²) in [4.78, 5) is 12.0. The zero-order chi connectivity index (χ0) is 31.3. The molecular weight excluding hydrogens is 542 g/mol. The fourth-order valence-electron chi connectivity index (χ4n) is 5.16. The standard InChI is InChI=1S/C36H73NO6/c1-4-6-8-10-12-14-16-18-20-22-24-26-28-40-33-35(32-37-36(38)43-34-41-31-30-39-3)42-29-27-25-23-21-19-17-15-13-11-9-7-5-2/h35H,4-34H2,1-3H3,(H,37,38). The number of ether oxygens (including phenoxy) is 5. The molecule has 258 valence electrons. The van der Waals surface area contributed by atoms with Gasteiger partial charge in [0.05, 0.1) is 25.9 Å². The molecule has 7 heteroatoms. The molecule has 0 bridgehead atoms. The monoisotopic (exact) mass is 616 g/mol. The fraction of sp³-hybridized carbons (Fsp3) is 0.972. The van der Waals surface area contributed by atoms with Gasteiger partial charge in [0.1, 0.15) is 0 Å². The highest BCUT2D eigenvalue weighted by molar-refractivity contribution is 5.66. The SMILES string of the molecule is CCCCCCCCCCCCCCOCC(CNC(=O)OCOCCOC)OCCCCCCCCCCCCCC. The van der Waals surface area contributed by atoms with E-state index in [4.69, 9.17) is 23.7 Å². The summed E-state index contributed by atoms with van der Waals surface area (Å²) in [7, 11) is 1.61. The Morgan fingerprint density at radius 3 is 1.44 bits per heavy atom. The molecular formula is C36H73NO6. The summed E-state index contributed by atoms with van der Waals surface area (Å²) < 4.78 is 27.2. The lowest BCUT2D eigenvalue weighted by atomic mass is 10.1. The second-order valence-corrected chi connectivity index (χ2v) is 12.2. The maximum atomic E-state index is 12.0. The molecule has 0 aliphatic carbocycles. The van der Waals surface area contributed by atoms with Crippen molar-refractivity contribution in [1.29, 1.82) is 0 Å². The Bertz CT molecular complexity index is 536. The Kier molecular flexibility index (Phi) is 36.5. The molecule has 0 spiro atoms. The van der Waals surface area contributed by atoms with E-state index in [1.165, 1.54) is 141 Å². The molecule has 0 aliphatic rings. The molecule has 0 aromatic carbocycles. The highest BCUT2D eigenvalue weighted by Crippen LogP contribution is 2.13. The zero-order valence-electron chi connectivity index (χ0n) is 28.9. The molecule has 0 aromatic heterocycles. The van der Waals surface area contributed by atoms with Crippen LogP contribution in [0.2, 0.25) is 0 Å². The molecule has 1 amide bonds. The summed E-state index contributed by atoms with van der Waals surface area (Å²) in [5.74, 6) is 0. The third-order valence-corrected chi connectivity index (χ3v) is 7.98.